The standard InChI is InChI=1S/C12H16N/c1-2-7-11-13(10-6-1)12-8-4-3-5-9-12/h4-5,8-9H,1-2,6-7,10-11H2. The lowest BCUT2D eigenvalue weighted by atomic mass is 10.2. The first-order valence-corrected chi connectivity index (χ1v) is 5.18. The average molecular weight is 174 g/mol. The summed E-state index contributed by atoms with van der Waals surface area (Å²) >= 11 is 0. The van der Waals surface area contributed by atoms with Crippen LogP contribution in [-0.2, 0) is 0 Å². The van der Waals surface area contributed by atoms with Gasteiger partial charge in [0, 0.05) is 18.8 Å². The SMILES string of the molecule is [c]1ccc(N2CCCCCC2)cc1. The Morgan fingerprint density at radius 2 is 1.54 bits per heavy atom. The summed E-state index contributed by atoms with van der Waals surface area (Å²) in [6.07, 6.45) is 5.49. The van der Waals surface area contributed by atoms with Crippen molar-refractivity contribution in [1.82, 2.24) is 0 Å². The molecule has 1 aliphatic heterocycles. The van der Waals surface area contributed by atoms with Gasteiger partial charge in [-0.25, -0.2) is 0 Å². The Morgan fingerprint density at radius 3 is 2.15 bits per heavy atom. The number of benzene rings is 1. The predicted octanol–water partition coefficient (Wildman–Crippen LogP) is 2.87. The van der Waals surface area contributed by atoms with Crippen molar-refractivity contribution in [3.63, 3.8) is 0 Å². The third-order valence-corrected chi connectivity index (χ3v) is 2.67. The van der Waals surface area contributed by atoms with Gasteiger partial charge >= 0.3 is 0 Å². The predicted molar refractivity (Wildman–Crippen MR) is 56.0 cm³/mol. The highest BCUT2D eigenvalue weighted by atomic mass is 15.1. The van der Waals surface area contributed by atoms with Crippen LogP contribution in [-0.4, -0.2) is 13.1 Å². The summed E-state index contributed by atoms with van der Waals surface area (Å²) in [4.78, 5) is 2.49. The molecule has 0 bridgehead atoms. The van der Waals surface area contributed by atoms with Gasteiger partial charge < -0.3 is 4.90 Å². The first-order valence-electron chi connectivity index (χ1n) is 5.18. The highest BCUT2D eigenvalue weighted by Crippen LogP contribution is 2.18. The topological polar surface area (TPSA) is 3.24 Å². The van der Waals surface area contributed by atoms with Gasteiger partial charge in [0.2, 0.25) is 0 Å². The molecule has 0 saturated carbocycles. The fourth-order valence-corrected chi connectivity index (χ4v) is 1.92. The zero-order valence-corrected chi connectivity index (χ0v) is 8.00. The molecule has 2 rings (SSSR count). The molecular weight excluding hydrogens is 158 g/mol. The highest BCUT2D eigenvalue weighted by Gasteiger charge is 2.08. The number of nitrogens with zero attached hydrogens (tertiary/aromatic N) is 1. The molecule has 1 heterocycles. The first kappa shape index (κ1) is 8.61. The van der Waals surface area contributed by atoms with Crippen molar-refractivity contribution in [3.8, 4) is 0 Å². The molecule has 0 aliphatic carbocycles. The molecule has 0 unspecified atom stereocenters. The van der Waals surface area contributed by atoms with Gasteiger partial charge in [-0.05, 0) is 31.0 Å². The second kappa shape index (κ2) is 4.31. The lowest BCUT2D eigenvalue weighted by molar-refractivity contribution is 0.726. The molecule has 1 heteroatoms. The Bertz CT molecular complexity index is 235. The maximum atomic E-state index is 3.06. The van der Waals surface area contributed by atoms with E-state index in [4.69, 9.17) is 0 Å². The van der Waals surface area contributed by atoms with Crippen LogP contribution in [0.5, 0.6) is 0 Å². The Kier molecular flexibility index (Phi) is 2.86. The Hall–Kier alpha value is -0.980. The molecular formula is C12H16N. The normalized spacial score (nSPS) is 18.3. The molecule has 13 heavy (non-hydrogen) atoms. The Balaban J connectivity index is 2.06. The minimum atomic E-state index is 1.23. The molecule has 1 saturated heterocycles. The summed E-state index contributed by atoms with van der Waals surface area (Å²) in [6.45, 7) is 2.45. The molecule has 1 fully saturated rings. The summed E-state index contributed by atoms with van der Waals surface area (Å²) in [5.74, 6) is 0. The lowest BCUT2D eigenvalue weighted by Crippen LogP contribution is -2.23. The minimum Gasteiger partial charge on any atom is -0.372 e. The van der Waals surface area contributed by atoms with Gasteiger partial charge in [-0.15, -0.1) is 0 Å². The maximum absolute atomic E-state index is 3.06. The number of hydrogen-bond donors (Lipinski definition) is 0. The average Bonchev–Trinajstić information content (AvgIpc) is 2.47. The molecule has 0 aromatic heterocycles. The van der Waals surface area contributed by atoms with Gasteiger partial charge in [-0.3, -0.25) is 0 Å². The Morgan fingerprint density at radius 1 is 0.923 bits per heavy atom. The molecule has 1 radical (unpaired) electrons. The summed E-state index contributed by atoms with van der Waals surface area (Å²) in [7, 11) is 0. The molecule has 0 spiro atoms. The van der Waals surface area contributed by atoms with Crippen molar-refractivity contribution in [3.05, 3.63) is 30.3 Å². The number of hydrogen-bond acceptors (Lipinski definition) is 1. The summed E-state index contributed by atoms with van der Waals surface area (Å²) in [5, 5.41) is 0. The molecule has 0 atom stereocenters. The molecule has 1 aliphatic rings. The van der Waals surface area contributed by atoms with Crippen molar-refractivity contribution in [2.24, 2.45) is 0 Å². The van der Waals surface area contributed by atoms with Crippen LogP contribution in [0.15, 0.2) is 24.3 Å². The van der Waals surface area contributed by atoms with E-state index < -0.39 is 0 Å². The molecule has 69 valence electrons. The monoisotopic (exact) mass is 174 g/mol. The smallest absolute Gasteiger partial charge is 0.0366 e. The minimum absolute atomic E-state index is 1.23. The summed E-state index contributed by atoms with van der Waals surface area (Å²) < 4.78 is 0. The zero-order chi connectivity index (χ0) is 8.93. The van der Waals surface area contributed by atoms with E-state index in [1.54, 1.807) is 0 Å². The summed E-state index contributed by atoms with van der Waals surface area (Å²) in [6, 6.07) is 11.4. The van der Waals surface area contributed by atoms with Crippen LogP contribution in [0.1, 0.15) is 25.7 Å². The van der Waals surface area contributed by atoms with Gasteiger partial charge in [-0.1, -0.05) is 25.0 Å². The largest absolute Gasteiger partial charge is 0.372 e. The van der Waals surface area contributed by atoms with Gasteiger partial charge in [0.15, 0.2) is 0 Å². The van der Waals surface area contributed by atoms with Crippen LogP contribution >= 0.6 is 0 Å². The van der Waals surface area contributed by atoms with E-state index in [1.165, 1.54) is 44.5 Å². The lowest BCUT2D eigenvalue weighted by Gasteiger charge is -2.22. The van der Waals surface area contributed by atoms with E-state index in [1.807, 2.05) is 12.1 Å². The quantitative estimate of drug-likeness (QED) is 0.632. The number of anilines is 1. The first-order chi connectivity index (χ1) is 6.47. The zero-order valence-electron chi connectivity index (χ0n) is 8.00. The van der Waals surface area contributed by atoms with Gasteiger partial charge in [0.1, 0.15) is 0 Å². The van der Waals surface area contributed by atoms with Crippen LogP contribution in [0.25, 0.3) is 0 Å². The second-order valence-corrected chi connectivity index (χ2v) is 3.66. The fraction of sp³-hybridized carbons (Fsp3) is 0.500. The molecule has 0 N–H and O–H groups in total. The van der Waals surface area contributed by atoms with Crippen LogP contribution in [0.3, 0.4) is 0 Å². The number of rotatable bonds is 1. The van der Waals surface area contributed by atoms with Crippen LogP contribution in [0.2, 0.25) is 0 Å². The van der Waals surface area contributed by atoms with Gasteiger partial charge in [-0.2, -0.15) is 0 Å². The van der Waals surface area contributed by atoms with Crippen molar-refractivity contribution < 1.29 is 0 Å². The van der Waals surface area contributed by atoms with Crippen LogP contribution in [0.4, 0.5) is 5.69 Å². The van der Waals surface area contributed by atoms with Gasteiger partial charge in [0.25, 0.3) is 0 Å². The van der Waals surface area contributed by atoms with Gasteiger partial charge in [0.05, 0.1) is 0 Å². The molecule has 1 nitrogen and oxygen atoms in total. The second-order valence-electron chi connectivity index (χ2n) is 3.66. The van der Waals surface area contributed by atoms with E-state index in [2.05, 4.69) is 23.1 Å². The van der Waals surface area contributed by atoms with Crippen LogP contribution < -0.4 is 4.90 Å². The van der Waals surface area contributed by atoms with E-state index in [0.717, 1.165) is 0 Å². The van der Waals surface area contributed by atoms with Crippen molar-refractivity contribution in [1.29, 1.82) is 0 Å². The Labute approximate surface area is 80.4 Å². The van der Waals surface area contributed by atoms with Crippen molar-refractivity contribution in [2.45, 2.75) is 25.7 Å². The molecule has 1 aromatic rings. The van der Waals surface area contributed by atoms with Crippen LogP contribution in [0, 0.1) is 6.07 Å². The van der Waals surface area contributed by atoms with E-state index >= 15 is 0 Å². The summed E-state index contributed by atoms with van der Waals surface area (Å²) in [5.41, 5.74) is 1.36. The molecule has 1 aromatic carbocycles. The van der Waals surface area contributed by atoms with Crippen molar-refractivity contribution >= 4 is 5.69 Å². The third-order valence-electron chi connectivity index (χ3n) is 2.67. The molecule has 0 amide bonds. The highest BCUT2D eigenvalue weighted by molar-refractivity contribution is 5.45. The third kappa shape index (κ3) is 2.24. The maximum Gasteiger partial charge on any atom is 0.0366 e. The fourth-order valence-electron chi connectivity index (χ4n) is 1.92. The van der Waals surface area contributed by atoms with E-state index in [-0.39, 0.29) is 0 Å². The van der Waals surface area contributed by atoms with Crippen molar-refractivity contribution in [2.75, 3.05) is 18.0 Å². The van der Waals surface area contributed by atoms with E-state index in [9.17, 15) is 0 Å². The van der Waals surface area contributed by atoms with E-state index in [0.29, 0.717) is 0 Å².